The molecule has 1 aromatic carbocycles. The Morgan fingerprint density at radius 3 is 2.15 bits per heavy atom. The Morgan fingerprint density at radius 2 is 1.63 bits per heavy atom. The molecule has 2 atom stereocenters. The van der Waals surface area contributed by atoms with Crippen LogP contribution in [0.1, 0.15) is 19.3 Å². The van der Waals surface area contributed by atoms with E-state index >= 15 is 0 Å². The molecule has 2 fully saturated rings. The highest BCUT2D eigenvalue weighted by Crippen LogP contribution is 2.40. The van der Waals surface area contributed by atoms with Crippen LogP contribution in [0.15, 0.2) is 18.2 Å². The first kappa shape index (κ1) is 19.3. The SMILES string of the molecule is COc1cc(OC)cc(N2CCC(NC(=O)[C@H]3C[C@H]3C(=O)N(C)C)CC2)c1. The van der Waals surface area contributed by atoms with Crippen molar-refractivity contribution in [3.05, 3.63) is 18.2 Å². The number of rotatable bonds is 6. The molecule has 1 heterocycles. The second-order valence-electron chi connectivity index (χ2n) is 7.52. The lowest BCUT2D eigenvalue weighted by molar-refractivity contribution is -0.132. The summed E-state index contributed by atoms with van der Waals surface area (Å²) in [5.74, 6) is 1.33. The van der Waals surface area contributed by atoms with E-state index in [2.05, 4.69) is 10.2 Å². The number of methoxy groups -OCH3 is 2. The molecule has 1 saturated heterocycles. The van der Waals surface area contributed by atoms with Gasteiger partial charge in [0.15, 0.2) is 0 Å². The van der Waals surface area contributed by atoms with Crippen LogP contribution in [0.5, 0.6) is 11.5 Å². The van der Waals surface area contributed by atoms with Crippen LogP contribution < -0.4 is 19.7 Å². The van der Waals surface area contributed by atoms with E-state index in [1.807, 2.05) is 18.2 Å². The molecule has 1 saturated carbocycles. The number of carbonyl (C=O) groups is 2. The molecule has 0 aromatic heterocycles. The summed E-state index contributed by atoms with van der Waals surface area (Å²) in [7, 11) is 6.76. The van der Waals surface area contributed by atoms with Gasteiger partial charge in [-0.25, -0.2) is 0 Å². The maximum absolute atomic E-state index is 12.4. The normalized spacial score (nSPS) is 22.1. The first-order chi connectivity index (χ1) is 12.9. The molecule has 148 valence electrons. The van der Waals surface area contributed by atoms with Crippen LogP contribution in [-0.2, 0) is 9.59 Å². The summed E-state index contributed by atoms with van der Waals surface area (Å²) in [5.41, 5.74) is 1.06. The number of benzene rings is 1. The molecule has 27 heavy (non-hydrogen) atoms. The Hall–Kier alpha value is -2.44. The van der Waals surface area contributed by atoms with Crippen molar-refractivity contribution in [3.8, 4) is 11.5 Å². The summed E-state index contributed by atoms with van der Waals surface area (Å²) >= 11 is 0. The fraction of sp³-hybridized carbons (Fsp3) is 0.600. The van der Waals surface area contributed by atoms with Crippen LogP contribution in [-0.4, -0.2) is 64.2 Å². The molecule has 0 bridgehead atoms. The van der Waals surface area contributed by atoms with Gasteiger partial charge in [0.05, 0.1) is 26.1 Å². The van der Waals surface area contributed by atoms with Crippen LogP contribution >= 0.6 is 0 Å². The molecule has 0 unspecified atom stereocenters. The van der Waals surface area contributed by atoms with Gasteiger partial charge in [-0.1, -0.05) is 0 Å². The predicted octanol–water partition coefficient (Wildman–Crippen LogP) is 1.51. The van der Waals surface area contributed by atoms with Crippen LogP contribution in [0, 0.1) is 11.8 Å². The number of anilines is 1. The maximum atomic E-state index is 12.4. The summed E-state index contributed by atoms with van der Waals surface area (Å²) < 4.78 is 10.7. The van der Waals surface area contributed by atoms with Crippen molar-refractivity contribution in [1.82, 2.24) is 10.2 Å². The van der Waals surface area contributed by atoms with Crippen molar-refractivity contribution in [3.63, 3.8) is 0 Å². The Bertz CT molecular complexity index is 676. The first-order valence-corrected chi connectivity index (χ1v) is 9.42. The van der Waals surface area contributed by atoms with Gasteiger partial charge in [0, 0.05) is 57.1 Å². The highest BCUT2D eigenvalue weighted by Gasteiger charge is 2.48. The molecule has 1 aliphatic carbocycles. The highest BCUT2D eigenvalue weighted by molar-refractivity contribution is 5.92. The fourth-order valence-corrected chi connectivity index (χ4v) is 3.65. The van der Waals surface area contributed by atoms with Gasteiger partial charge >= 0.3 is 0 Å². The lowest BCUT2D eigenvalue weighted by atomic mass is 10.0. The van der Waals surface area contributed by atoms with E-state index in [0.29, 0.717) is 6.42 Å². The average Bonchev–Trinajstić information content (AvgIpc) is 3.48. The third-order valence-electron chi connectivity index (χ3n) is 5.43. The van der Waals surface area contributed by atoms with E-state index in [9.17, 15) is 9.59 Å². The molecule has 1 N–H and O–H groups in total. The minimum atomic E-state index is -0.152. The number of piperidine rings is 1. The van der Waals surface area contributed by atoms with E-state index < -0.39 is 0 Å². The van der Waals surface area contributed by atoms with E-state index in [1.165, 1.54) is 0 Å². The number of hydrogen-bond donors (Lipinski definition) is 1. The van der Waals surface area contributed by atoms with E-state index in [-0.39, 0.29) is 29.7 Å². The van der Waals surface area contributed by atoms with Crippen LogP contribution in [0.25, 0.3) is 0 Å². The summed E-state index contributed by atoms with van der Waals surface area (Å²) in [5, 5.41) is 3.14. The maximum Gasteiger partial charge on any atom is 0.225 e. The molecule has 1 aliphatic heterocycles. The minimum Gasteiger partial charge on any atom is -0.497 e. The lowest BCUT2D eigenvalue weighted by Crippen LogP contribution is -2.45. The van der Waals surface area contributed by atoms with Gasteiger partial charge in [0.1, 0.15) is 11.5 Å². The van der Waals surface area contributed by atoms with Gasteiger partial charge in [-0.2, -0.15) is 0 Å². The Morgan fingerprint density at radius 1 is 1.04 bits per heavy atom. The minimum absolute atomic E-state index is 0.0247. The van der Waals surface area contributed by atoms with Crippen molar-refractivity contribution >= 4 is 17.5 Å². The standard InChI is InChI=1S/C20H29N3O4/c1-22(2)20(25)18-12-17(18)19(24)21-13-5-7-23(8-6-13)14-9-15(26-3)11-16(10-14)27-4/h9-11,13,17-18H,5-8,12H2,1-4H3,(H,21,24)/t17-,18+/m0/s1. The quantitative estimate of drug-likeness (QED) is 0.816. The van der Waals surface area contributed by atoms with Crippen LogP contribution in [0.4, 0.5) is 5.69 Å². The Balaban J connectivity index is 1.51. The van der Waals surface area contributed by atoms with Gasteiger partial charge in [0.2, 0.25) is 11.8 Å². The molecule has 0 spiro atoms. The van der Waals surface area contributed by atoms with Gasteiger partial charge in [-0.05, 0) is 19.3 Å². The first-order valence-electron chi connectivity index (χ1n) is 9.42. The number of carbonyl (C=O) groups excluding carboxylic acids is 2. The number of hydrogen-bond acceptors (Lipinski definition) is 5. The Labute approximate surface area is 160 Å². The van der Waals surface area contributed by atoms with Crippen molar-refractivity contribution in [2.45, 2.75) is 25.3 Å². The molecule has 3 rings (SSSR count). The zero-order chi connectivity index (χ0) is 19.6. The summed E-state index contributed by atoms with van der Waals surface area (Å²) in [6, 6.07) is 6.03. The molecule has 7 nitrogen and oxygen atoms in total. The molecule has 2 amide bonds. The van der Waals surface area contributed by atoms with Crippen LogP contribution in [0.3, 0.4) is 0 Å². The third kappa shape index (κ3) is 4.46. The van der Waals surface area contributed by atoms with Crippen molar-refractivity contribution < 1.29 is 19.1 Å². The van der Waals surface area contributed by atoms with Gasteiger partial charge in [-0.15, -0.1) is 0 Å². The molecule has 0 radical (unpaired) electrons. The van der Waals surface area contributed by atoms with Gasteiger partial charge in [-0.3, -0.25) is 9.59 Å². The largest absolute Gasteiger partial charge is 0.497 e. The van der Waals surface area contributed by atoms with E-state index in [0.717, 1.165) is 43.1 Å². The van der Waals surface area contributed by atoms with E-state index in [1.54, 1.807) is 33.2 Å². The molecular formula is C20H29N3O4. The molecular weight excluding hydrogens is 346 g/mol. The van der Waals surface area contributed by atoms with Gasteiger partial charge in [0.25, 0.3) is 0 Å². The Kier molecular flexibility index (Phi) is 5.77. The van der Waals surface area contributed by atoms with Crippen molar-refractivity contribution in [2.75, 3.05) is 46.3 Å². The molecule has 7 heteroatoms. The van der Waals surface area contributed by atoms with E-state index in [4.69, 9.17) is 9.47 Å². The van der Waals surface area contributed by atoms with Crippen molar-refractivity contribution in [1.29, 1.82) is 0 Å². The fourth-order valence-electron chi connectivity index (χ4n) is 3.65. The number of nitrogens with zero attached hydrogens (tertiary/aromatic N) is 2. The summed E-state index contributed by atoms with van der Waals surface area (Å²) in [4.78, 5) is 28.2. The monoisotopic (exact) mass is 375 g/mol. The van der Waals surface area contributed by atoms with Crippen molar-refractivity contribution in [2.24, 2.45) is 11.8 Å². The zero-order valence-corrected chi connectivity index (χ0v) is 16.5. The number of amides is 2. The second kappa shape index (κ2) is 8.06. The third-order valence-corrected chi connectivity index (χ3v) is 5.43. The highest BCUT2D eigenvalue weighted by atomic mass is 16.5. The number of ether oxygens (including phenoxy) is 2. The summed E-state index contributed by atoms with van der Waals surface area (Å²) in [6.07, 6.45) is 2.43. The molecule has 1 aromatic rings. The predicted molar refractivity (Wildman–Crippen MR) is 103 cm³/mol. The summed E-state index contributed by atoms with van der Waals surface area (Å²) in [6.45, 7) is 1.71. The average molecular weight is 375 g/mol. The number of nitrogens with one attached hydrogen (secondary N) is 1. The topological polar surface area (TPSA) is 71.1 Å². The van der Waals surface area contributed by atoms with Gasteiger partial charge < -0.3 is 24.6 Å². The second-order valence-corrected chi connectivity index (χ2v) is 7.52. The molecule has 2 aliphatic rings. The zero-order valence-electron chi connectivity index (χ0n) is 16.5. The lowest BCUT2D eigenvalue weighted by Gasteiger charge is -2.34. The van der Waals surface area contributed by atoms with Crippen LogP contribution in [0.2, 0.25) is 0 Å². The smallest absolute Gasteiger partial charge is 0.225 e.